The number of benzene rings is 1. The van der Waals surface area contributed by atoms with Crippen LogP contribution in [0.15, 0.2) is 85.8 Å². The van der Waals surface area contributed by atoms with Crippen molar-refractivity contribution in [1.29, 1.82) is 0 Å². The molecule has 0 amide bonds. The van der Waals surface area contributed by atoms with Gasteiger partial charge in [-0.1, -0.05) is 57.6 Å². The van der Waals surface area contributed by atoms with Crippen LogP contribution in [0.4, 0.5) is 0 Å². The Kier molecular flexibility index (Phi) is 7.13. The van der Waals surface area contributed by atoms with Crippen molar-refractivity contribution in [3.63, 3.8) is 0 Å². The van der Waals surface area contributed by atoms with Crippen LogP contribution in [0.2, 0.25) is 0 Å². The number of ether oxygens (including phenoxy) is 2. The second kappa shape index (κ2) is 10.6. The van der Waals surface area contributed by atoms with E-state index in [-0.39, 0.29) is 52.4 Å². The van der Waals surface area contributed by atoms with Crippen molar-refractivity contribution in [2.75, 3.05) is 13.2 Å². The van der Waals surface area contributed by atoms with Crippen LogP contribution in [-0.4, -0.2) is 30.1 Å². The van der Waals surface area contributed by atoms with Gasteiger partial charge in [-0.05, 0) is 110 Å². The van der Waals surface area contributed by atoms with Crippen molar-refractivity contribution in [3.05, 3.63) is 87.0 Å². The number of aliphatic hydroxyl groups excluding tert-OH is 1. The number of fused-ring (bicyclic) bond motifs is 8. The van der Waals surface area contributed by atoms with Gasteiger partial charge >= 0.3 is 11.6 Å². The van der Waals surface area contributed by atoms with Gasteiger partial charge in [-0.25, -0.2) is 4.79 Å². The van der Waals surface area contributed by atoms with Crippen LogP contribution >= 0.6 is 0 Å². The molecule has 0 bridgehead atoms. The Balaban J connectivity index is 1.11. The molecular weight excluding hydrogens is 592 g/mol. The Bertz CT molecular complexity index is 1890. The van der Waals surface area contributed by atoms with Gasteiger partial charge in [0.1, 0.15) is 24.5 Å². The number of aliphatic hydroxyl groups is 1. The highest BCUT2D eigenvalue weighted by molar-refractivity contribution is 6.06. The molecule has 7 nitrogen and oxygen atoms in total. The number of rotatable bonds is 5. The lowest BCUT2D eigenvalue weighted by atomic mass is 9.34. The minimum atomic E-state index is -0.613. The Morgan fingerprint density at radius 1 is 0.957 bits per heavy atom. The molecule has 3 fully saturated rings. The van der Waals surface area contributed by atoms with Crippen LogP contribution in [0.25, 0.3) is 11.0 Å². The van der Waals surface area contributed by atoms with Crippen molar-refractivity contribution < 1.29 is 28.6 Å². The van der Waals surface area contributed by atoms with Gasteiger partial charge < -0.3 is 19.0 Å². The summed E-state index contributed by atoms with van der Waals surface area (Å²) in [7, 11) is 0. The number of hydrogen-bond acceptors (Lipinski definition) is 7. The maximum absolute atomic E-state index is 13.8. The molecule has 0 saturated heterocycles. The smallest absolute Gasteiger partial charge is 0.339 e. The van der Waals surface area contributed by atoms with Crippen LogP contribution in [0.5, 0.6) is 5.75 Å². The number of carbonyl (C=O) groups is 2. The van der Waals surface area contributed by atoms with Crippen molar-refractivity contribution in [1.82, 2.24) is 0 Å². The minimum absolute atomic E-state index is 0.0521. The monoisotopic (exact) mass is 638 g/mol. The minimum Gasteiger partial charge on any atom is -0.504 e. The first-order chi connectivity index (χ1) is 22.2. The number of para-hydroxylation sites is 1. The van der Waals surface area contributed by atoms with E-state index in [1.807, 2.05) is 19.1 Å². The summed E-state index contributed by atoms with van der Waals surface area (Å²) in [5.74, 6) is 0.0918. The Morgan fingerprint density at radius 2 is 1.70 bits per heavy atom. The molecule has 2 aromatic rings. The average molecular weight is 639 g/mol. The normalized spacial score (nSPS) is 36.3. The lowest BCUT2D eigenvalue weighted by Gasteiger charge is -2.70. The maximum Gasteiger partial charge on any atom is 0.339 e. The third kappa shape index (κ3) is 4.55. The molecule has 6 atom stereocenters. The zero-order valence-electron chi connectivity index (χ0n) is 28.5. The second-order valence-electron chi connectivity index (χ2n) is 16.0. The SMILES string of the molecule is CC1=C(O)C(=O)C=C2C1=CC=C1[C@@]2(C)CC[C@@]2(C)[C@@H]3C[C@](C)(C(=O)OCCOc4cc(=O)oc5ccccc45)CC[C@]3(C)CC[C@]12C. The van der Waals surface area contributed by atoms with E-state index >= 15 is 0 Å². The lowest BCUT2D eigenvalue weighted by molar-refractivity contribution is -0.182. The van der Waals surface area contributed by atoms with Crippen molar-refractivity contribution in [2.24, 2.45) is 33.0 Å². The largest absolute Gasteiger partial charge is 0.504 e. The summed E-state index contributed by atoms with van der Waals surface area (Å²) < 4.78 is 17.1. The van der Waals surface area contributed by atoms with Gasteiger partial charge in [0, 0.05) is 11.0 Å². The Hall–Kier alpha value is -3.87. The molecule has 7 rings (SSSR count). The summed E-state index contributed by atoms with van der Waals surface area (Å²) >= 11 is 0. The van der Waals surface area contributed by atoms with Crippen LogP contribution in [-0.2, 0) is 14.3 Å². The summed E-state index contributed by atoms with van der Waals surface area (Å²) in [6.07, 6.45) is 12.6. The van der Waals surface area contributed by atoms with Gasteiger partial charge in [-0.3, -0.25) is 9.59 Å². The van der Waals surface area contributed by atoms with E-state index in [0.717, 1.165) is 56.1 Å². The Morgan fingerprint density at radius 3 is 2.49 bits per heavy atom. The third-order valence-electron chi connectivity index (χ3n) is 13.6. The van der Waals surface area contributed by atoms with E-state index in [9.17, 15) is 19.5 Å². The van der Waals surface area contributed by atoms with Crippen LogP contribution in [0.1, 0.15) is 86.5 Å². The molecule has 0 spiro atoms. The zero-order chi connectivity index (χ0) is 33.6. The molecule has 7 heteroatoms. The summed E-state index contributed by atoms with van der Waals surface area (Å²) in [5, 5.41) is 11.1. The number of ketones is 1. The van der Waals surface area contributed by atoms with Gasteiger partial charge in [0.2, 0.25) is 5.78 Å². The van der Waals surface area contributed by atoms with Gasteiger partial charge in [0.15, 0.2) is 5.76 Å². The molecule has 47 heavy (non-hydrogen) atoms. The molecule has 5 aliphatic carbocycles. The topological polar surface area (TPSA) is 103 Å². The van der Waals surface area contributed by atoms with E-state index in [0.29, 0.717) is 28.2 Å². The van der Waals surface area contributed by atoms with Crippen molar-refractivity contribution in [3.8, 4) is 5.75 Å². The molecule has 1 aromatic carbocycles. The summed E-state index contributed by atoms with van der Waals surface area (Å²) in [6.45, 7) is 13.7. The number of allylic oxidation sites excluding steroid dienone is 7. The summed E-state index contributed by atoms with van der Waals surface area (Å²) in [6, 6.07) is 8.54. The van der Waals surface area contributed by atoms with Crippen LogP contribution < -0.4 is 10.4 Å². The molecule has 5 aliphatic rings. The van der Waals surface area contributed by atoms with Gasteiger partial charge in [-0.2, -0.15) is 0 Å². The zero-order valence-corrected chi connectivity index (χ0v) is 28.5. The van der Waals surface area contributed by atoms with E-state index in [1.54, 1.807) is 18.2 Å². The lowest BCUT2D eigenvalue weighted by Crippen LogP contribution is -2.62. The fraction of sp³-hybridized carbons (Fsp3) is 0.525. The summed E-state index contributed by atoms with van der Waals surface area (Å²) in [5.41, 5.74) is 3.08. The van der Waals surface area contributed by atoms with E-state index in [2.05, 4.69) is 46.8 Å². The first-order valence-corrected chi connectivity index (χ1v) is 17.1. The first kappa shape index (κ1) is 31.7. The van der Waals surface area contributed by atoms with Gasteiger partial charge in [-0.15, -0.1) is 0 Å². The van der Waals surface area contributed by atoms with Crippen LogP contribution in [0, 0.1) is 33.0 Å². The van der Waals surface area contributed by atoms with E-state index in [4.69, 9.17) is 13.9 Å². The quantitative estimate of drug-likeness (QED) is 0.199. The van der Waals surface area contributed by atoms with Gasteiger partial charge in [0.25, 0.3) is 0 Å². The summed E-state index contributed by atoms with van der Waals surface area (Å²) in [4.78, 5) is 38.6. The molecule has 0 radical (unpaired) electrons. The van der Waals surface area contributed by atoms with Crippen LogP contribution in [0.3, 0.4) is 0 Å². The first-order valence-electron chi connectivity index (χ1n) is 17.1. The third-order valence-corrected chi connectivity index (χ3v) is 13.6. The van der Waals surface area contributed by atoms with Crippen molar-refractivity contribution >= 4 is 22.7 Å². The highest BCUT2D eigenvalue weighted by Crippen LogP contribution is 2.75. The second-order valence-corrected chi connectivity index (χ2v) is 16.0. The highest BCUT2D eigenvalue weighted by atomic mass is 16.6. The molecule has 248 valence electrons. The number of hydrogen-bond donors (Lipinski definition) is 1. The number of carbonyl (C=O) groups excluding carboxylic acids is 2. The van der Waals surface area contributed by atoms with E-state index in [1.165, 1.54) is 11.6 Å². The fourth-order valence-electron chi connectivity index (χ4n) is 10.3. The molecule has 3 saturated carbocycles. The molecule has 1 N–H and O–H groups in total. The molecule has 1 heterocycles. The molecule has 1 aromatic heterocycles. The van der Waals surface area contributed by atoms with Crippen molar-refractivity contribution in [2.45, 2.75) is 86.5 Å². The van der Waals surface area contributed by atoms with Gasteiger partial charge in [0.05, 0.1) is 16.9 Å². The number of esters is 1. The molecule has 0 aliphatic heterocycles. The highest BCUT2D eigenvalue weighted by Gasteiger charge is 2.67. The standard InChI is InChI=1S/C40H46O7/c1-24-25-11-12-31-38(4,27(25)21-28(41)34(24)43)16-18-40(6)32-23-37(3,14-13-36(32,2)15-17-39(31,40)5)35(44)46-20-19-45-30-22-33(42)47-29-10-8-7-9-26(29)30/h7-12,21-22,32,43H,13-20,23H2,1-6H3/t32-,36-,37-,38+,39-,40+/m1/s1. The average Bonchev–Trinajstić information content (AvgIpc) is 3.04. The predicted molar refractivity (Wildman–Crippen MR) is 180 cm³/mol. The molecular formula is C40H46O7. The van der Waals surface area contributed by atoms with E-state index < -0.39 is 11.0 Å². The fourth-order valence-corrected chi connectivity index (χ4v) is 10.3. The molecule has 0 unspecified atom stereocenters. The predicted octanol–water partition coefficient (Wildman–Crippen LogP) is 8.34. The Labute approximate surface area is 276 Å². The maximum atomic E-state index is 13.8.